The number of hydrogen-bond donors (Lipinski definition) is 2. The van der Waals surface area contributed by atoms with E-state index >= 15 is 0 Å². The summed E-state index contributed by atoms with van der Waals surface area (Å²) in [5, 5.41) is 9.89. The van der Waals surface area contributed by atoms with Crippen LogP contribution in [0.5, 0.6) is 0 Å². The number of likely N-dealkylation sites (N-methyl/N-ethyl adjacent to an activating group) is 1. The highest BCUT2D eigenvalue weighted by Crippen LogP contribution is 2.25. The zero-order chi connectivity index (χ0) is 18.7. The molecule has 0 saturated carbocycles. The molecule has 0 spiro atoms. The average molecular weight is 355 g/mol. The minimum Gasteiger partial charge on any atom is -0.302 e. The van der Waals surface area contributed by atoms with Crippen LogP contribution in [-0.4, -0.2) is 42.6 Å². The standard InChI is InChI=1S/C19H21N3O4/c1-21-10-9-15-11-17(8-7-16(15)12-21)22(26-2)19(24)14-5-3-13(4-6-14)18(23)20-25/h3-8,11,25H,9-10,12H2,1-2H3,(H,20,23). The highest BCUT2D eigenvalue weighted by atomic mass is 16.7. The molecule has 136 valence electrons. The van der Waals surface area contributed by atoms with Gasteiger partial charge in [0.05, 0.1) is 12.8 Å². The van der Waals surface area contributed by atoms with E-state index in [0.29, 0.717) is 11.3 Å². The SMILES string of the molecule is CON(C(=O)c1ccc(C(=O)NO)cc1)c1ccc2c(c1)CCN(C)C2. The number of carbonyl (C=O) groups is 2. The van der Waals surface area contributed by atoms with Gasteiger partial charge in [-0.2, -0.15) is 5.06 Å². The summed E-state index contributed by atoms with van der Waals surface area (Å²) in [6.07, 6.45) is 0.927. The van der Waals surface area contributed by atoms with Crippen LogP contribution < -0.4 is 10.5 Å². The Morgan fingerprint density at radius 1 is 1.12 bits per heavy atom. The van der Waals surface area contributed by atoms with Crippen molar-refractivity contribution < 1.29 is 19.6 Å². The Bertz CT molecular complexity index is 820. The van der Waals surface area contributed by atoms with Crippen LogP contribution in [-0.2, 0) is 17.8 Å². The molecule has 3 rings (SSSR count). The highest BCUT2D eigenvalue weighted by Gasteiger charge is 2.21. The number of nitrogens with zero attached hydrogens (tertiary/aromatic N) is 2. The molecule has 2 aromatic rings. The molecule has 0 aromatic heterocycles. The molecule has 0 fully saturated rings. The number of benzene rings is 2. The second kappa shape index (κ2) is 7.65. The van der Waals surface area contributed by atoms with Crippen molar-refractivity contribution in [3.63, 3.8) is 0 Å². The third kappa shape index (κ3) is 3.60. The molecular weight excluding hydrogens is 334 g/mol. The van der Waals surface area contributed by atoms with Crippen molar-refractivity contribution in [2.75, 3.05) is 25.8 Å². The predicted octanol–water partition coefficient (Wildman–Crippen LogP) is 2.00. The van der Waals surface area contributed by atoms with Crippen LogP contribution in [0.1, 0.15) is 31.8 Å². The zero-order valence-corrected chi connectivity index (χ0v) is 14.7. The minimum absolute atomic E-state index is 0.255. The van der Waals surface area contributed by atoms with Gasteiger partial charge in [-0.05, 0) is 61.0 Å². The quantitative estimate of drug-likeness (QED) is 0.648. The topological polar surface area (TPSA) is 82.1 Å². The summed E-state index contributed by atoms with van der Waals surface area (Å²) >= 11 is 0. The maximum Gasteiger partial charge on any atom is 0.282 e. The summed E-state index contributed by atoms with van der Waals surface area (Å²) in [5.41, 5.74) is 5.32. The van der Waals surface area contributed by atoms with E-state index < -0.39 is 5.91 Å². The molecule has 0 bridgehead atoms. The normalized spacial score (nSPS) is 13.8. The van der Waals surface area contributed by atoms with Crippen molar-refractivity contribution in [1.82, 2.24) is 10.4 Å². The Kier molecular flexibility index (Phi) is 5.32. The largest absolute Gasteiger partial charge is 0.302 e. The molecular formula is C19H21N3O4. The van der Waals surface area contributed by atoms with Crippen LogP contribution in [0.15, 0.2) is 42.5 Å². The van der Waals surface area contributed by atoms with Gasteiger partial charge in [0.15, 0.2) is 0 Å². The molecule has 7 heteroatoms. The van der Waals surface area contributed by atoms with Gasteiger partial charge in [-0.3, -0.25) is 19.6 Å². The molecule has 26 heavy (non-hydrogen) atoms. The molecule has 7 nitrogen and oxygen atoms in total. The lowest BCUT2D eigenvalue weighted by atomic mass is 9.99. The maximum absolute atomic E-state index is 12.8. The van der Waals surface area contributed by atoms with E-state index in [0.717, 1.165) is 19.5 Å². The van der Waals surface area contributed by atoms with Gasteiger partial charge in [-0.1, -0.05) is 6.07 Å². The Morgan fingerprint density at radius 2 is 1.81 bits per heavy atom. The molecule has 2 amide bonds. The Hall–Kier alpha value is -2.74. The first kappa shape index (κ1) is 18.1. The Morgan fingerprint density at radius 3 is 2.46 bits per heavy atom. The van der Waals surface area contributed by atoms with E-state index in [2.05, 4.69) is 11.9 Å². The lowest BCUT2D eigenvalue weighted by Gasteiger charge is -2.27. The lowest BCUT2D eigenvalue weighted by molar-refractivity contribution is 0.0705. The first-order chi connectivity index (χ1) is 12.5. The van der Waals surface area contributed by atoms with Gasteiger partial charge < -0.3 is 4.90 Å². The molecule has 1 aliphatic rings. The second-order valence-corrected chi connectivity index (χ2v) is 6.24. The minimum atomic E-state index is -0.632. The van der Waals surface area contributed by atoms with Gasteiger partial charge in [0.1, 0.15) is 0 Å². The van der Waals surface area contributed by atoms with E-state index in [-0.39, 0.29) is 11.5 Å². The number of anilines is 1. The Labute approximate surface area is 151 Å². The summed E-state index contributed by atoms with van der Waals surface area (Å²) in [6, 6.07) is 11.8. The first-order valence-electron chi connectivity index (χ1n) is 8.27. The number of carbonyl (C=O) groups excluding carboxylic acids is 2. The van der Waals surface area contributed by atoms with Crippen molar-refractivity contribution in [1.29, 1.82) is 0 Å². The highest BCUT2D eigenvalue weighted by molar-refractivity contribution is 6.05. The summed E-state index contributed by atoms with van der Waals surface area (Å²) in [7, 11) is 3.53. The van der Waals surface area contributed by atoms with Gasteiger partial charge in [0.25, 0.3) is 11.8 Å². The predicted molar refractivity (Wildman–Crippen MR) is 96.0 cm³/mol. The molecule has 0 saturated heterocycles. The van der Waals surface area contributed by atoms with Crippen LogP contribution in [0.4, 0.5) is 5.69 Å². The number of hydroxylamine groups is 2. The number of rotatable bonds is 4. The summed E-state index contributed by atoms with van der Waals surface area (Å²) in [5.74, 6) is -0.969. The second-order valence-electron chi connectivity index (χ2n) is 6.24. The van der Waals surface area contributed by atoms with E-state index in [4.69, 9.17) is 10.0 Å². The summed E-state index contributed by atoms with van der Waals surface area (Å²) in [4.78, 5) is 31.7. The fraction of sp³-hybridized carbons (Fsp3) is 0.263. The van der Waals surface area contributed by atoms with Crippen molar-refractivity contribution in [2.24, 2.45) is 0 Å². The molecule has 1 heterocycles. The van der Waals surface area contributed by atoms with Crippen LogP contribution in [0.25, 0.3) is 0 Å². The van der Waals surface area contributed by atoms with E-state index in [1.54, 1.807) is 5.48 Å². The van der Waals surface area contributed by atoms with E-state index in [1.807, 2.05) is 18.2 Å². The zero-order valence-electron chi connectivity index (χ0n) is 14.7. The van der Waals surface area contributed by atoms with Crippen molar-refractivity contribution in [3.05, 3.63) is 64.7 Å². The molecule has 0 radical (unpaired) electrons. The fourth-order valence-electron chi connectivity index (χ4n) is 3.06. The molecule has 2 aromatic carbocycles. The van der Waals surface area contributed by atoms with Crippen molar-refractivity contribution >= 4 is 17.5 Å². The van der Waals surface area contributed by atoms with Gasteiger partial charge in [0.2, 0.25) is 0 Å². The van der Waals surface area contributed by atoms with Crippen LogP contribution in [0, 0.1) is 0 Å². The third-order valence-corrected chi connectivity index (χ3v) is 4.49. The fourth-order valence-corrected chi connectivity index (χ4v) is 3.06. The van der Waals surface area contributed by atoms with Crippen molar-refractivity contribution in [3.8, 4) is 0 Å². The van der Waals surface area contributed by atoms with E-state index in [9.17, 15) is 9.59 Å². The molecule has 0 atom stereocenters. The van der Waals surface area contributed by atoms with Crippen LogP contribution in [0.2, 0.25) is 0 Å². The lowest BCUT2D eigenvalue weighted by Crippen LogP contribution is -2.31. The smallest absolute Gasteiger partial charge is 0.282 e. The summed E-state index contributed by atoms with van der Waals surface area (Å²) < 4.78 is 0. The Balaban J connectivity index is 1.84. The molecule has 2 N–H and O–H groups in total. The van der Waals surface area contributed by atoms with Gasteiger partial charge in [-0.15, -0.1) is 0 Å². The first-order valence-corrected chi connectivity index (χ1v) is 8.27. The molecule has 1 aliphatic heterocycles. The van der Waals surface area contributed by atoms with Gasteiger partial charge in [0, 0.05) is 24.2 Å². The average Bonchev–Trinajstić information content (AvgIpc) is 2.68. The van der Waals surface area contributed by atoms with Gasteiger partial charge >= 0.3 is 0 Å². The molecule has 0 unspecified atom stereocenters. The van der Waals surface area contributed by atoms with Gasteiger partial charge in [-0.25, -0.2) is 5.48 Å². The van der Waals surface area contributed by atoms with Crippen LogP contribution in [0.3, 0.4) is 0 Å². The van der Waals surface area contributed by atoms with Crippen molar-refractivity contribution in [2.45, 2.75) is 13.0 Å². The third-order valence-electron chi connectivity index (χ3n) is 4.49. The maximum atomic E-state index is 12.8. The monoisotopic (exact) mass is 355 g/mol. The van der Waals surface area contributed by atoms with E-state index in [1.165, 1.54) is 47.6 Å². The molecule has 0 aliphatic carbocycles. The number of hydrogen-bond acceptors (Lipinski definition) is 5. The number of amides is 2. The van der Waals surface area contributed by atoms with Crippen LogP contribution >= 0.6 is 0 Å². The number of fused-ring (bicyclic) bond motifs is 1. The summed E-state index contributed by atoms with van der Waals surface area (Å²) in [6.45, 7) is 1.87. The number of nitrogens with one attached hydrogen (secondary N) is 1.